The third-order valence-electron chi connectivity index (χ3n) is 6.39. The Balaban J connectivity index is 1.57. The highest BCUT2D eigenvalue weighted by Crippen LogP contribution is 2.29. The molecule has 0 aromatic heterocycles. The summed E-state index contributed by atoms with van der Waals surface area (Å²) in [4.78, 5) is 19.6. The lowest BCUT2D eigenvalue weighted by atomic mass is 10.1. The number of nitrogen functional groups attached to an aromatic ring is 1. The van der Waals surface area contributed by atoms with Crippen LogP contribution in [0.25, 0.3) is 0 Å². The zero-order valence-electron chi connectivity index (χ0n) is 18.8. The van der Waals surface area contributed by atoms with E-state index in [0.29, 0.717) is 31.7 Å². The van der Waals surface area contributed by atoms with Crippen molar-refractivity contribution in [3.63, 3.8) is 0 Å². The van der Waals surface area contributed by atoms with Gasteiger partial charge in [0.2, 0.25) is 10.0 Å². The minimum absolute atomic E-state index is 0.0742. The van der Waals surface area contributed by atoms with Crippen LogP contribution in [-0.4, -0.2) is 65.5 Å². The molecular weight excluding hydrogens is 445 g/mol. The summed E-state index contributed by atoms with van der Waals surface area (Å²) in [7, 11) is -2.32. The predicted molar refractivity (Wildman–Crippen MR) is 128 cm³/mol. The average Bonchev–Trinajstić information content (AvgIpc) is 2.85. The molecule has 0 unspecified atom stereocenters. The summed E-state index contributed by atoms with van der Waals surface area (Å²) in [5, 5.41) is 0. The van der Waals surface area contributed by atoms with Gasteiger partial charge >= 0.3 is 0 Å². The standard InChI is InChI=1S/C23H30FN5O3S/c1-26-33(31,32)18-6-8-22(28-9-3-2-4-10-28)19(16-18)23(30)29-13-11-27(12-14-29)17-5-7-21(25)20(24)15-17/h5-8,15-16,26H,2-4,9-14,25H2,1H3. The van der Waals surface area contributed by atoms with E-state index < -0.39 is 15.8 Å². The second-order valence-electron chi connectivity index (χ2n) is 8.42. The van der Waals surface area contributed by atoms with Crippen molar-refractivity contribution < 1.29 is 17.6 Å². The smallest absolute Gasteiger partial charge is 0.256 e. The number of hydrogen-bond donors (Lipinski definition) is 2. The number of nitrogens with one attached hydrogen (secondary N) is 1. The molecule has 0 saturated carbocycles. The number of piperazine rings is 1. The Bertz CT molecular complexity index is 1130. The van der Waals surface area contributed by atoms with Crippen LogP contribution in [0.1, 0.15) is 29.6 Å². The van der Waals surface area contributed by atoms with Gasteiger partial charge in [-0.15, -0.1) is 0 Å². The summed E-state index contributed by atoms with van der Waals surface area (Å²) in [6, 6.07) is 9.51. The van der Waals surface area contributed by atoms with Crippen LogP contribution in [0.2, 0.25) is 0 Å². The number of benzene rings is 2. The Hall–Kier alpha value is -2.85. The second kappa shape index (κ2) is 9.56. The molecule has 10 heteroatoms. The fraction of sp³-hybridized carbons (Fsp3) is 0.435. The molecule has 8 nitrogen and oxygen atoms in total. The van der Waals surface area contributed by atoms with Crippen molar-refractivity contribution >= 4 is 33.0 Å². The van der Waals surface area contributed by atoms with Gasteiger partial charge in [0.25, 0.3) is 5.91 Å². The number of carbonyl (C=O) groups excluding carboxylic acids is 1. The van der Waals surface area contributed by atoms with Gasteiger partial charge in [-0.05, 0) is 62.7 Å². The maximum absolute atomic E-state index is 13.9. The molecule has 0 atom stereocenters. The summed E-state index contributed by atoms with van der Waals surface area (Å²) in [5.41, 5.74) is 7.59. The van der Waals surface area contributed by atoms with Gasteiger partial charge in [-0.1, -0.05) is 0 Å². The normalized spacial score (nSPS) is 17.3. The van der Waals surface area contributed by atoms with Crippen LogP contribution in [0.4, 0.5) is 21.5 Å². The molecule has 2 aliphatic heterocycles. The van der Waals surface area contributed by atoms with Crippen molar-refractivity contribution in [2.45, 2.75) is 24.2 Å². The van der Waals surface area contributed by atoms with Gasteiger partial charge in [-0.2, -0.15) is 0 Å². The van der Waals surface area contributed by atoms with Crippen LogP contribution >= 0.6 is 0 Å². The summed E-state index contributed by atoms with van der Waals surface area (Å²) < 4.78 is 41.0. The molecule has 0 radical (unpaired) electrons. The van der Waals surface area contributed by atoms with E-state index in [4.69, 9.17) is 5.73 Å². The number of anilines is 3. The van der Waals surface area contributed by atoms with E-state index in [1.165, 1.54) is 19.2 Å². The molecule has 2 aromatic rings. The van der Waals surface area contributed by atoms with Crippen LogP contribution in [0.15, 0.2) is 41.3 Å². The maximum Gasteiger partial charge on any atom is 0.256 e. The lowest BCUT2D eigenvalue weighted by molar-refractivity contribution is 0.0747. The van der Waals surface area contributed by atoms with Gasteiger partial charge in [0, 0.05) is 50.6 Å². The highest BCUT2D eigenvalue weighted by Gasteiger charge is 2.28. The molecular formula is C23H30FN5O3S. The zero-order valence-corrected chi connectivity index (χ0v) is 19.6. The molecule has 4 rings (SSSR count). The van der Waals surface area contributed by atoms with Crippen molar-refractivity contribution in [3.8, 4) is 0 Å². The van der Waals surface area contributed by atoms with Crippen molar-refractivity contribution in [2.75, 3.05) is 61.8 Å². The summed E-state index contributed by atoms with van der Waals surface area (Å²) >= 11 is 0. The minimum atomic E-state index is -3.68. The fourth-order valence-corrected chi connectivity index (χ4v) is 5.19. The topological polar surface area (TPSA) is 99.0 Å². The number of hydrogen-bond acceptors (Lipinski definition) is 6. The predicted octanol–water partition coefficient (Wildman–Crippen LogP) is 2.27. The lowest BCUT2D eigenvalue weighted by Crippen LogP contribution is -2.49. The van der Waals surface area contributed by atoms with Crippen LogP contribution in [0, 0.1) is 5.82 Å². The van der Waals surface area contributed by atoms with Gasteiger partial charge in [0.15, 0.2) is 0 Å². The highest BCUT2D eigenvalue weighted by molar-refractivity contribution is 7.89. The Morgan fingerprint density at radius 3 is 2.27 bits per heavy atom. The Kier molecular flexibility index (Phi) is 6.76. The Morgan fingerprint density at radius 1 is 0.939 bits per heavy atom. The summed E-state index contributed by atoms with van der Waals surface area (Å²) in [5.74, 6) is -0.647. The van der Waals surface area contributed by atoms with Crippen molar-refractivity contribution in [2.24, 2.45) is 0 Å². The molecule has 2 aliphatic rings. The quantitative estimate of drug-likeness (QED) is 0.644. The first-order valence-electron chi connectivity index (χ1n) is 11.2. The van der Waals surface area contributed by atoms with E-state index >= 15 is 0 Å². The Labute approximate surface area is 194 Å². The first kappa shape index (κ1) is 23.3. The highest BCUT2D eigenvalue weighted by atomic mass is 32.2. The second-order valence-corrected chi connectivity index (χ2v) is 10.3. The van der Waals surface area contributed by atoms with Crippen LogP contribution in [0.3, 0.4) is 0 Å². The van der Waals surface area contributed by atoms with Crippen LogP contribution < -0.4 is 20.3 Å². The molecule has 33 heavy (non-hydrogen) atoms. The van der Waals surface area contributed by atoms with E-state index in [2.05, 4.69) is 9.62 Å². The van der Waals surface area contributed by atoms with Gasteiger partial charge < -0.3 is 20.4 Å². The average molecular weight is 476 g/mol. The first-order valence-corrected chi connectivity index (χ1v) is 12.7. The molecule has 2 heterocycles. The van der Waals surface area contributed by atoms with Crippen molar-refractivity contribution in [1.29, 1.82) is 0 Å². The molecule has 178 valence electrons. The monoisotopic (exact) mass is 475 g/mol. The van der Waals surface area contributed by atoms with E-state index in [1.54, 1.807) is 29.2 Å². The largest absolute Gasteiger partial charge is 0.396 e. The molecule has 2 saturated heterocycles. The number of piperidine rings is 1. The van der Waals surface area contributed by atoms with E-state index in [9.17, 15) is 17.6 Å². The third-order valence-corrected chi connectivity index (χ3v) is 7.80. The zero-order chi connectivity index (χ0) is 23.6. The van der Waals surface area contributed by atoms with Crippen LogP contribution in [-0.2, 0) is 10.0 Å². The maximum atomic E-state index is 13.9. The number of halogens is 1. The lowest BCUT2D eigenvalue weighted by Gasteiger charge is -2.37. The number of carbonyl (C=O) groups is 1. The van der Waals surface area contributed by atoms with Gasteiger partial charge in [-0.3, -0.25) is 4.79 Å². The number of nitrogens with two attached hydrogens (primary N) is 1. The molecule has 2 fully saturated rings. The van der Waals surface area contributed by atoms with Gasteiger partial charge in [-0.25, -0.2) is 17.5 Å². The molecule has 2 aromatic carbocycles. The molecule has 0 aliphatic carbocycles. The van der Waals surface area contributed by atoms with Crippen molar-refractivity contribution in [1.82, 2.24) is 9.62 Å². The number of amides is 1. The fourth-order valence-electron chi connectivity index (χ4n) is 4.43. The number of nitrogens with zero attached hydrogens (tertiary/aromatic N) is 3. The van der Waals surface area contributed by atoms with Gasteiger partial charge in [0.1, 0.15) is 5.82 Å². The summed E-state index contributed by atoms with van der Waals surface area (Å²) in [6.45, 7) is 3.68. The van der Waals surface area contributed by atoms with Crippen LogP contribution in [0.5, 0.6) is 0 Å². The number of rotatable bonds is 5. The first-order chi connectivity index (χ1) is 15.8. The SMILES string of the molecule is CNS(=O)(=O)c1ccc(N2CCCCC2)c(C(=O)N2CCN(c3ccc(N)c(F)c3)CC2)c1. The molecule has 3 N–H and O–H groups in total. The van der Waals surface area contributed by atoms with Crippen molar-refractivity contribution in [3.05, 3.63) is 47.8 Å². The van der Waals surface area contributed by atoms with E-state index in [-0.39, 0.29) is 16.5 Å². The third kappa shape index (κ3) is 4.91. The molecule has 0 spiro atoms. The molecule has 0 bridgehead atoms. The molecule has 1 amide bonds. The van der Waals surface area contributed by atoms with E-state index in [0.717, 1.165) is 43.7 Å². The Morgan fingerprint density at radius 2 is 1.64 bits per heavy atom. The minimum Gasteiger partial charge on any atom is -0.396 e. The van der Waals surface area contributed by atoms with Gasteiger partial charge in [0.05, 0.1) is 16.1 Å². The van der Waals surface area contributed by atoms with E-state index in [1.807, 2.05) is 4.90 Å². The summed E-state index contributed by atoms with van der Waals surface area (Å²) in [6.07, 6.45) is 3.24. The number of sulfonamides is 1.